The van der Waals surface area contributed by atoms with Gasteiger partial charge in [-0.15, -0.1) is 12.4 Å². The van der Waals surface area contributed by atoms with Crippen LogP contribution in [0.15, 0.2) is 48.5 Å². The van der Waals surface area contributed by atoms with Crippen molar-refractivity contribution in [2.24, 2.45) is 0 Å². The van der Waals surface area contributed by atoms with Crippen LogP contribution >= 0.6 is 23.7 Å². The number of hydrogen-bond acceptors (Lipinski definition) is 6. The minimum absolute atomic E-state index is 0. The first-order valence-electron chi connectivity index (χ1n) is 8.48. The average molecular weight is 421 g/mol. The van der Waals surface area contributed by atoms with Crippen molar-refractivity contribution < 1.29 is 9.72 Å². The fourth-order valence-corrected chi connectivity index (χ4v) is 3.62. The van der Waals surface area contributed by atoms with Gasteiger partial charge in [-0.1, -0.05) is 35.6 Å². The predicted octanol–water partition coefficient (Wildman–Crippen LogP) is 3.76. The third kappa shape index (κ3) is 5.25. The Labute approximate surface area is 173 Å². The zero-order valence-electron chi connectivity index (χ0n) is 15.6. The molecule has 3 aromatic rings. The third-order valence-corrected chi connectivity index (χ3v) is 5.15. The summed E-state index contributed by atoms with van der Waals surface area (Å²) in [5.74, 6) is -0.0789. The standard InChI is InChI=1S/C19H20N4O3S.ClH/c1-21(2)11-12-22(19-20-16-5-3-4-6-17(16)27-19)18(24)13-14-7-9-15(10-8-14)23(25)26;/h3-10H,11-13H2,1-2H3;1H. The van der Waals surface area contributed by atoms with Crippen LogP contribution in [0, 0.1) is 10.1 Å². The normalized spacial score (nSPS) is 10.7. The maximum absolute atomic E-state index is 13.0. The molecule has 1 amide bonds. The van der Waals surface area contributed by atoms with Crippen molar-refractivity contribution >= 4 is 50.7 Å². The lowest BCUT2D eigenvalue weighted by atomic mass is 10.1. The van der Waals surface area contributed by atoms with Gasteiger partial charge in [0.2, 0.25) is 5.91 Å². The minimum atomic E-state index is -0.448. The van der Waals surface area contributed by atoms with Gasteiger partial charge >= 0.3 is 0 Å². The van der Waals surface area contributed by atoms with Crippen molar-refractivity contribution in [3.05, 3.63) is 64.2 Å². The summed E-state index contributed by atoms with van der Waals surface area (Å²) in [6.45, 7) is 1.24. The number of aromatic nitrogens is 1. The number of rotatable bonds is 7. The lowest BCUT2D eigenvalue weighted by molar-refractivity contribution is -0.384. The van der Waals surface area contributed by atoms with E-state index < -0.39 is 4.92 Å². The monoisotopic (exact) mass is 420 g/mol. The number of halogens is 1. The number of thiazole rings is 1. The molecule has 0 spiro atoms. The smallest absolute Gasteiger partial charge is 0.269 e. The highest BCUT2D eigenvalue weighted by Gasteiger charge is 2.20. The number of non-ortho nitro benzene ring substituents is 1. The van der Waals surface area contributed by atoms with Gasteiger partial charge in [0.1, 0.15) is 0 Å². The number of amides is 1. The zero-order valence-corrected chi connectivity index (χ0v) is 17.2. The number of carbonyl (C=O) groups excluding carboxylic acids is 1. The summed E-state index contributed by atoms with van der Waals surface area (Å²) in [6.07, 6.45) is 0.168. The molecule has 0 N–H and O–H groups in total. The molecule has 148 valence electrons. The van der Waals surface area contributed by atoms with Crippen molar-refractivity contribution in [1.29, 1.82) is 0 Å². The molecule has 1 aromatic heterocycles. The number of nitrogens with zero attached hydrogens (tertiary/aromatic N) is 4. The Morgan fingerprint density at radius 2 is 1.79 bits per heavy atom. The first kappa shape index (κ1) is 21.7. The SMILES string of the molecule is CN(C)CCN(C(=O)Cc1ccc([N+](=O)[O-])cc1)c1nc2ccccc2s1.Cl. The van der Waals surface area contributed by atoms with Gasteiger partial charge in [0.15, 0.2) is 5.13 Å². The number of carbonyl (C=O) groups is 1. The van der Waals surface area contributed by atoms with E-state index in [0.717, 1.165) is 15.8 Å². The summed E-state index contributed by atoms with van der Waals surface area (Å²) in [6, 6.07) is 13.9. The van der Waals surface area contributed by atoms with E-state index in [0.29, 0.717) is 18.2 Å². The number of nitro groups is 1. The van der Waals surface area contributed by atoms with E-state index in [-0.39, 0.29) is 30.4 Å². The second kappa shape index (κ2) is 9.59. The molecule has 28 heavy (non-hydrogen) atoms. The van der Waals surface area contributed by atoms with Crippen LogP contribution in [-0.4, -0.2) is 47.9 Å². The van der Waals surface area contributed by atoms with Crippen molar-refractivity contribution in [1.82, 2.24) is 9.88 Å². The van der Waals surface area contributed by atoms with Crippen LogP contribution in [0.25, 0.3) is 10.2 Å². The predicted molar refractivity (Wildman–Crippen MR) is 115 cm³/mol. The van der Waals surface area contributed by atoms with Gasteiger partial charge in [-0.2, -0.15) is 0 Å². The van der Waals surface area contributed by atoms with Crippen LogP contribution in [0.4, 0.5) is 10.8 Å². The van der Waals surface area contributed by atoms with Gasteiger partial charge in [0.05, 0.1) is 21.6 Å². The molecule has 7 nitrogen and oxygen atoms in total. The molecule has 0 aliphatic rings. The quantitative estimate of drug-likeness (QED) is 0.429. The number of likely N-dealkylation sites (N-methyl/N-ethyl adjacent to an activating group) is 1. The Morgan fingerprint density at radius 1 is 1.11 bits per heavy atom. The molecule has 0 radical (unpaired) electrons. The molecular weight excluding hydrogens is 400 g/mol. The Hall–Kier alpha value is -2.55. The number of nitro benzene ring substituents is 1. The molecule has 1 heterocycles. The zero-order chi connectivity index (χ0) is 19.4. The van der Waals surface area contributed by atoms with E-state index in [9.17, 15) is 14.9 Å². The highest BCUT2D eigenvalue weighted by molar-refractivity contribution is 7.22. The van der Waals surface area contributed by atoms with Crippen molar-refractivity contribution in [3.63, 3.8) is 0 Å². The number of hydrogen-bond donors (Lipinski definition) is 0. The number of fused-ring (bicyclic) bond motifs is 1. The van der Waals surface area contributed by atoms with Gasteiger partial charge in [0, 0.05) is 25.2 Å². The van der Waals surface area contributed by atoms with Gasteiger partial charge in [-0.25, -0.2) is 4.98 Å². The van der Waals surface area contributed by atoms with Gasteiger partial charge in [-0.3, -0.25) is 19.8 Å². The summed E-state index contributed by atoms with van der Waals surface area (Å²) < 4.78 is 1.03. The molecule has 3 rings (SSSR count). The van der Waals surface area contributed by atoms with Crippen LogP contribution in [0.2, 0.25) is 0 Å². The van der Waals surface area contributed by atoms with Crippen LogP contribution in [-0.2, 0) is 11.2 Å². The Balaban J connectivity index is 0.00000280. The lowest BCUT2D eigenvalue weighted by Crippen LogP contribution is -2.37. The first-order chi connectivity index (χ1) is 12.9. The summed E-state index contributed by atoms with van der Waals surface area (Å²) in [5.41, 5.74) is 1.62. The van der Waals surface area contributed by atoms with Crippen molar-refractivity contribution in [2.75, 3.05) is 32.1 Å². The Kier molecular flexibility index (Phi) is 7.45. The molecule has 0 aliphatic heterocycles. The lowest BCUT2D eigenvalue weighted by Gasteiger charge is -2.22. The second-order valence-electron chi connectivity index (χ2n) is 6.41. The van der Waals surface area contributed by atoms with E-state index in [1.165, 1.54) is 23.5 Å². The molecule has 0 saturated heterocycles. The van der Waals surface area contributed by atoms with Crippen LogP contribution < -0.4 is 4.90 Å². The van der Waals surface area contributed by atoms with Crippen molar-refractivity contribution in [2.45, 2.75) is 6.42 Å². The van der Waals surface area contributed by atoms with Gasteiger partial charge in [0.25, 0.3) is 5.69 Å². The fourth-order valence-electron chi connectivity index (χ4n) is 2.61. The molecule has 0 unspecified atom stereocenters. The number of anilines is 1. The van der Waals surface area contributed by atoms with E-state index in [2.05, 4.69) is 4.98 Å². The Bertz CT molecular complexity index is 926. The molecule has 2 aromatic carbocycles. The summed E-state index contributed by atoms with van der Waals surface area (Å²) >= 11 is 1.49. The average Bonchev–Trinajstić information content (AvgIpc) is 3.05. The molecule has 0 saturated carbocycles. The molecule has 0 aliphatic carbocycles. The second-order valence-corrected chi connectivity index (χ2v) is 7.42. The number of benzene rings is 2. The van der Waals surface area contributed by atoms with Gasteiger partial charge < -0.3 is 4.90 Å². The molecule has 0 fully saturated rings. The van der Waals surface area contributed by atoms with E-state index in [4.69, 9.17) is 0 Å². The van der Waals surface area contributed by atoms with Crippen LogP contribution in [0.5, 0.6) is 0 Å². The largest absolute Gasteiger partial charge is 0.308 e. The third-order valence-electron chi connectivity index (χ3n) is 4.09. The number of para-hydroxylation sites is 1. The summed E-state index contributed by atoms with van der Waals surface area (Å²) in [7, 11) is 3.91. The first-order valence-corrected chi connectivity index (χ1v) is 9.29. The molecule has 0 atom stereocenters. The maximum atomic E-state index is 13.0. The molecular formula is C19H21ClN4O3S. The van der Waals surface area contributed by atoms with E-state index in [1.807, 2.05) is 43.3 Å². The Morgan fingerprint density at radius 3 is 2.39 bits per heavy atom. The van der Waals surface area contributed by atoms with Crippen LogP contribution in [0.3, 0.4) is 0 Å². The fraction of sp³-hybridized carbons (Fsp3) is 0.263. The van der Waals surface area contributed by atoms with Crippen LogP contribution in [0.1, 0.15) is 5.56 Å². The van der Waals surface area contributed by atoms with E-state index >= 15 is 0 Å². The maximum Gasteiger partial charge on any atom is 0.269 e. The molecule has 9 heteroatoms. The van der Waals surface area contributed by atoms with Gasteiger partial charge in [-0.05, 0) is 31.8 Å². The minimum Gasteiger partial charge on any atom is -0.308 e. The topological polar surface area (TPSA) is 79.6 Å². The van der Waals surface area contributed by atoms with E-state index in [1.54, 1.807) is 17.0 Å². The highest BCUT2D eigenvalue weighted by atomic mass is 35.5. The highest BCUT2D eigenvalue weighted by Crippen LogP contribution is 2.29. The molecule has 0 bridgehead atoms. The summed E-state index contributed by atoms with van der Waals surface area (Å²) in [4.78, 5) is 31.6. The van der Waals surface area contributed by atoms with Crippen molar-refractivity contribution in [3.8, 4) is 0 Å². The summed E-state index contributed by atoms with van der Waals surface area (Å²) in [5, 5.41) is 11.5.